The number of nitrogens with zero attached hydrogens (tertiary/aromatic N) is 2. The Morgan fingerprint density at radius 1 is 1.32 bits per heavy atom. The molecule has 0 saturated carbocycles. The largest absolute Gasteiger partial charge is 0.319 e. The van der Waals surface area contributed by atoms with Gasteiger partial charge in [0.2, 0.25) is 5.82 Å². The Hall–Kier alpha value is -2.17. The van der Waals surface area contributed by atoms with E-state index in [0.29, 0.717) is 5.82 Å². The van der Waals surface area contributed by atoms with Crippen LogP contribution in [0.4, 0.5) is 5.69 Å². The van der Waals surface area contributed by atoms with Crippen LogP contribution in [0.2, 0.25) is 0 Å². The van der Waals surface area contributed by atoms with Crippen molar-refractivity contribution in [2.24, 2.45) is 0 Å². The average Bonchev–Trinajstić information content (AvgIpc) is 2.85. The van der Waals surface area contributed by atoms with Crippen molar-refractivity contribution in [2.45, 2.75) is 33.1 Å². The fraction of sp³-hybridized carbons (Fsp3) is 0.357. The van der Waals surface area contributed by atoms with Gasteiger partial charge in [0.05, 0.1) is 0 Å². The van der Waals surface area contributed by atoms with Gasteiger partial charge in [0.15, 0.2) is 0 Å². The second kappa shape index (κ2) is 6.13. The Labute approximate surface area is 112 Å². The van der Waals surface area contributed by atoms with Crippen molar-refractivity contribution in [3.05, 3.63) is 41.5 Å². The molecule has 0 aliphatic heterocycles. The minimum Gasteiger partial charge on any atom is -0.319 e. The van der Waals surface area contributed by atoms with Crippen LogP contribution in [-0.2, 0) is 6.42 Å². The number of benzene rings is 1. The molecule has 5 heteroatoms. The number of anilines is 1. The number of aromatic amines is 1. The van der Waals surface area contributed by atoms with E-state index in [4.69, 9.17) is 0 Å². The Bertz CT molecular complexity index is 545. The van der Waals surface area contributed by atoms with Crippen LogP contribution in [0, 0.1) is 6.92 Å². The summed E-state index contributed by atoms with van der Waals surface area (Å²) >= 11 is 0. The smallest absolute Gasteiger partial charge is 0.295 e. The standard InChI is InChI=1S/C14H18N4O/c1-3-4-5-11-6-8-12(9-7-11)16-14(19)13-15-10(2)17-18-13/h6-9H,3-5H2,1-2H3,(H,16,19)(H,15,17,18). The number of H-pyrrole nitrogens is 1. The van der Waals surface area contributed by atoms with E-state index in [2.05, 4.69) is 27.4 Å². The maximum absolute atomic E-state index is 11.8. The maximum Gasteiger partial charge on any atom is 0.295 e. The fourth-order valence-corrected chi connectivity index (χ4v) is 1.77. The van der Waals surface area contributed by atoms with Crippen LogP contribution in [0.3, 0.4) is 0 Å². The number of hydrogen-bond donors (Lipinski definition) is 2. The van der Waals surface area contributed by atoms with Crippen LogP contribution >= 0.6 is 0 Å². The normalized spacial score (nSPS) is 10.4. The third kappa shape index (κ3) is 3.64. The first-order valence-corrected chi connectivity index (χ1v) is 6.48. The summed E-state index contributed by atoms with van der Waals surface area (Å²) in [5.74, 6) is 0.485. The van der Waals surface area contributed by atoms with E-state index < -0.39 is 0 Å². The van der Waals surface area contributed by atoms with E-state index in [9.17, 15) is 4.79 Å². The number of amides is 1. The molecule has 2 aromatic rings. The van der Waals surface area contributed by atoms with Crippen LogP contribution in [-0.4, -0.2) is 21.1 Å². The summed E-state index contributed by atoms with van der Waals surface area (Å²) in [4.78, 5) is 15.8. The third-order valence-corrected chi connectivity index (χ3v) is 2.83. The topological polar surface area (TPSA) is 70.7 Å². The minimum atomic E-state index is -0.300. The first kappa shape index (κ1) is 13.3. The Morgan fingerprint density at radius 2 is 2.05 bits per heavy atom. The number of aromatic nitrogens is 3. The van der Waals surface area contributed by atoms with Gasteiger partial charge < -0.3 is 5.32 Å². The summed E-state index contributed by atoms with van der Waals surface area (Å²) in [6.45, 7) is 3.93. The Balaban J connectivity index is 1.97. The maximum atomic E-state index is 11.8. The molecule has 0 aliphatic carbocycles. The number of aryl methyl sites for hydroxylation is 2. The van der Waals surface area contributed by atoms with Gasteiger partial charge in [-0.25, -0.2) is 4.98 Å². The molecule has 0 aliphatic rings. The number of unbranched alkanes of at least 4 members (excludes halogenated alkanes) is 1. The summed E-state index contributed by atoms with van der Waals surface area (Å²) in [5.41, 5.74) is 2.04. The molecule has 19 heavy (non-hydrogen) atoms. The van der Waals surface area contributed by atoms with Crippen molar-refractivity contribution < 1.29 is 4.79 Å². The lowest BCUT2D eigenvalue weighted by Crippen LogP contribution is -2.13. The molecule has 2 rings (SSSR count). The molecule has 100 valence electrons. The van der Waals surface area contributed by atoms with Gasteiger partial charge in [0.1, 0.15) is 5.82 Å². The molecular weight excluding hydrogens is 240 g/mol. The molecule has 1 heterocycles. The number of rotatable bonds is 5. The lowest BCUT2D eigenvalue weighted by molar-refractivity contribution is 0.101. The van der Waals surface area contributed by atoms with Gasteiger partial charge in [0.25, 0.3) is 5.91 Å². The van der Waals surface area contributed by atoms with Crippen LogP contribution in [0.25, 0.3) is 0 Å². The summed E-state index contributed by atoms with van der Waals surface area (Å²) in [5, 5.41) is 9.24. The monoisotopic (exact) mass is 258 g/mol. The van der Waals surface area contributed by atoms with Gasteiger partial charge in [-0.2, -0.15) is 0 Å². The van der Waals surface area contributed by atoms with Crippen molar-refractivity contribution in [3.63, 3.8) is 0 Å². The fourth-order valence-electron chi connectivity index (χ4n) is 1.77. The summed E-state index contributed by atoms with van der Waals surface area (Å²) in [6.07, 6.45) is 3.44. The Kier molecular flexibility index (Phi) is 4.28. The second-order valence-corrected chi connectivity index (χ2v) is 4.50. The molecular formula is C14H18N4O. The summed E-state index contributed by atoms with van der Waals surface area (Å²) in [6, 6.07) is 7.88. The number of carbonyl (C=O) groups is 1. The molecule has 0 unspecified atom stereocenters. The van der Waals surface area contributed by atoms with Gasteiger partial charge >= 0.3 is 0 Å². The van der Waals surface area contributed by atoms with E-state index in [1.54, 1.807) is 6.92 Å². The third-order valence-electron chi connectivity index (χ3n) is 2.83. The van der Waals surface area contributed by atoms with Crippen LogP contribution in [0.15, 0.2) is 24.3 Å². The molecule has 1 amide bonds. The van der Waals surface area contributed by atoms with Crippen molar-refractivity contribution in [2.75, 3.05) is 5.32 Å². The van der Waals surface area contributed by atoms with Gasteiger partial charge in [-0.1, -0.05) is 25.5 Å². The van der Waals surface area contributed by atoms with Gasteiger partial charge in [-0.3, -0.25) is 9.89 Å². The molecule has 0 spiro atoms. The van der Waals surface area contributed by atoms with Gasteiger partial charge in [0, 0.05) is 5.69 Å². The van der Waals surface area contributed by atoms with Gasteiger partial charge in [-0.05, 0) is 37.5 Å². The van der Waals surface area contributed by atoms with E-state index in [-0.39, 0.29) is 11.7 Å². The number of hydrogen-bond acceptors (Lipinski definition) is 3. The SMILES string of the molecule is CCCCc1ccc(NC(=O)c2n[nH]c(C)n2)cc1. The zero-order valence-corrected chi connectivity index (χ0v) is 11.2. The van der Waals surface area contributed by atoms with E-state index in [1.165, 1.54) is 18.4 Å². The molecule has 0 radical (unpaired) electrons. The molecule has 1 aromatic carbocycles. The highest BCUT2D eigenvalue weighted by molar-refractivity contribution is 6.01. The Morgan fingerprint density at radius 3 is 2.63 bits per heavy atom. The molecule has 5 nitrogen and oxygen atoms in total. The van der Waals surface area contributed by atoms with E-state index in [1.807, 2.05) is 24.3 Å². The lowest BCUT2D eigenvalue weighted by Gasteiger charge is -2.04. The van der Waals surface area contributed by atoms with Crippen molar-refractivity contribution in [1.82, 2.24) is 15.2 Å². The van der Waals surface area contributed by atoms with Crippen LogP contribution in [0.1, 0.15) is 41.8 Å². The van der Waals surface area contributed by atoms with Crippen LogP contribution < -0.4 is 5.32 Å². The zero-order chi connectivity index (χ0) is 13.7. The molecule has 0 fully saturated rings. The van der Waals surface area contributed by atoms with Crippen molar-refractivity contribution in [3.8, 4) is 0 Å². The van der Waals surface area contributed by atoms with E-state index >= 15 is 0 Å². The lowest BCUT2D eigenvalue weighted by atomic mass is 10.1. The second-order valence-electron chi connectivity index (χ2n) is 4.50. The van der Waals surface area contributed by atoms with Gasteiger partial charge in [-0.15, -0.1) is 5.10 Å². The predicted molar refractivity (Wildman–Crippen MR) is 74.1 cm³/mol. The average molecular weight is 258 g/mol. The zero-order valence-electron chi connectivity index (χ0n) is 11.2. The number of carbonyl (C=O) groups excluding carboxylic acids is 1. The summed E-state index contributed by atoms with van der Waals surface area (Å²) < 4.78 is 0. The van der Waals surface area contributed by atoms with Crippen molar-refractivity contribution in [1.29, 1.82) is 0 Å². The minimum absolute atomic E-state index is 0.160. The molecule has 0 atom stereocenters. The predicted octanol–water partition coefficient (Wildman–Crippen LogP) is 2.71. The highest BCUT2D eigenvalue weighted by Gasteiger charge is 2.10. The molecule has 0 bridgehead atoms. The highest BCUT2D eigenvalue weighted by atomic mass is 16.2. The van der Waals surface area contributed by atoms with Crippen molar-refractivity contribution >= 4 is 11.6 Å². The van der Waals surface area contributed by atoms with Crippen LogP contribution in [0.5, 0.6) is 0 Å². The highest BCUT2D eigenvalue weighted by Crippen LogP contribution is 2.12. The first-order chi connectivity index (χ1) is 9.19. The number of nitrogens with one attached hydrogen (secondary N) is 2. The molecule has 1 aromatic heterocycles. The quantitative estimate of drug-likeness (QED) is 0.866. The van der Waals surface area contributed by atoms with E-state index in [0.717, 1.165) is 12.1 Å². The molecule has 0 saturated heterocycles. The first-order valence-electron chi connectivity index (χ1n) is 6.48. The molecule has 2 N–H and O–H groups in total. The summed E-state index contributed by atoms with van der Waals surface area (Å²) in [7, 11) is 0.